The van der Waals surface area contributed by atoms with E-state index in [-0.39, 0.29) is 53.7 Å². The number of aromatic nitrogens is 1. The third-order valence-electron chi connectivity index (χ3n) is 8.78. The second kappa shape index (κ2) is 18.6. The molecular formula is C43H36ClF3N2O9S. The minimum absolute atomic E-state index is 0.00616. The number of thiazole rings is 1. The first-order valence-electron chi connectivity index (χ1n) is 18.3. The molecule has 1 atom stereocenters. The van der Waals surface area contributed by atoms with Crippen molar-refractivity contribution in [2.45, 2.75) is 46.2 Å². The van der Waals surface area contributed by atoms with Crippen molar-refractivity contribution < 1.29 is 51.2 Å². The number of fused-ring (bicyclic) bond motifs is 1. The van der Waals surface area contributed by atoms with Crippen LogP contribution in [0.15, 0.2) is 112 Å². The first-order valence-corrected chi connectivity index (χ1v) is 19.5. The lowest BCUT2D eigenvalue weighted by molar-refractivity contribution is -0.140. The Balaban J connectivity index is 1.41. The Kier molecular flexibility index (Phi) is 13.4. The zero-order valence-electron chi connectivity index (χ0n) is 31.8. The molecule has 4 aromatic carbocycles. The van der Waals surface area contributed by atoms with Crippen LogP contribution in [0.3, 0.4) is 0 Å². The Hall–Kier alpha value is -6.19. The van der Waals surface area contributed by atoms with Gasteiger partial charge in [0.2, 0.25) is 0 Å². The van der Waals surface area contributed by atoms with Gasteiger partial charge >= 0.3 is 24.1 Å². The number of nitrogens with zero attached hydrogens (tertiary/aromatic N) is 2. The van der Waals surface area contributed by atoms with Crippen LogP contribution in [-0.4, -0.2) is 48.5 Å². The second-order valence-corrected chi connectivity index (χ2v) is 14.2. The van der Waals surface area contributed by atoms with Crippen molar-refractivity contribution in [3.05, 3.63) is 160 Å². The van der Waals surface area contributed by atoms with Crippen molar-refractivity contribution >= 4 is 46.9 Å². The molecule has 0 bridgehead atoms. The fourth-order valence-corrected chi connectivity index (χ4v) is 7.14. The molecule has 1 aliphatic heterocycles. The molecular weight excluding hydrogens is 813 g/mol. The van der Waals surface area contributed by atoms with Gasteiger partial charge in [-0.15, -0.1) is 0 Å². The standard InChI is InChI=1S/C43H36ClF3N2O9S/c1-4-54-39(51)28-11-7-25(8-12-28)23-57-32-20-17-30(33(22-32)58-24-26-9-13-29(14-10-26)40(52)55-5-2)21-34-38(50)49-36(27-15-18-31(44)19-16-27)35(41(53)56-6-3)37(43(45,46)47)48-42(49)59-34/h7-22,36H,4-6,23-24H2,1-3H3/b34-21+/t36-/m0/s1. The van der Waals surface area contributed by atoms with Gasteiger partial charge in [-0.05, 0) is 92.1 Å². The number of halogens is 4. The summed E-state index contributed by atoms with van der Waals surface area (Å²) in [7, 11) is 0. The smallest absolute Gasteiger partial charge is 0.434 e. The number of allylic oxidation sites excluding steroid dienone is 1. The van der Waals surface area contributed by atoms with Crippen LogP contribution < -0.4 is 24.4 Å². The third kappa shape index (κ3) is 9.92. The highest BCUT2D eigenvalue weighted by atomic mass is 35.5. The van der Waals surface area contributed by atoms with Crippen LogP contribution in [0.2, 0.25) is 5.02 Å². The van der Waals surface area contributed by atoms with Gasteiger partial charge in [0.25, 0.3) is 5.56 Å². The highest BCUT2D eigenvalue weighted by Gasteiger charge is 2.45. The number of hydrogen-bond donors (Lipinski definition) is 0. The molecule has 0 N–H and O–H groups in total. The maximum atomic E-state index is 14.6. The Morgan fingerprint density at radius 3 is 1.85 bits per heavy atom. The van der Waals surface area contributed by atoms with E-state index in [2.05, 4.69) is 4.99 Å². The number of esters is 3. The highest BCUT2D eigenvalue weighted by molar-refractivity contribution is 7.07. The largest absolute Gasteiger partial charge is 0.489 e. The van der Waals surface area contributed by atoms with Crippen LogP contribution >= 0.6 is 22.9 Å². The van der Waals surface area contributed by atoms with Crippen molar-refractivity contribution in [1.29, 1.82) is 0 Å². The molecule has 59 heavy (non-hydrogen) atoms. The summed E-state index contributed by atoms with van der Waals surface area (Å²) >= 11 is 6.80. The lowest BCUT2D eigenvalue weighted by Crippen LogP contribution is -2.41. The van der Waals surface area contributed by atoms with Crippen molar-refractivity contribution in [3.8, 4) is 11.5 Å². The van der Waals surface area contributed by atoms with Crippen molar-refractivity contribution in [2.75, 3.05) is 19.8 Å². The van der Waals surface area contributed by atoms with Crippen LogP contribution in [-0.2, 0) is 32.2 Å². The molecule has 0 unspecified atom stereocenters. The molecule has 11 nitrogen and oxygen atoms in total. The van der Waals surface area contributed by atoms with Gasteiger partial charge in [-0.3, -0.25) is 9.36 Å². The molecule has 16 heteroatoms. The molecule has 0 fully saturated rings. The molecule has 6 rings (SSSR count). The van der Waals surface area contributed by atoms with E-state index in [1.54, 1.807) is 80.6 Å². The Bertz CT molecular complexity index is 2570. The number of hydrogen-bond acceptors (Lipinski definition) is 11. The van der Waals surface area contributed by atoms with E-state index in [1.807, 2.05) is 0 Å². The monoisotopic (exact) mass is 848 g/mol. The van der Waals surface area contributed by atoms with E-state index in [0.29, 0.717) is 44.4 Å². The number of carbonyl (C=O) groups excluding carboxylic acids is 3. The third-order valence-corrected chi connectivity index (χ3v) is 10.0. The van der Waals surface area contributed by atoms with Gasteiger partial charge in [0.1, 0.15) is 24.7 Å². The summed E-state index contributed by atoms with van der Waals surface area (Å²) in [6.45, 7) is 5.26. The summed E-state index contributed by atoms with van der Waals surface area (Å²) in [6.07, 6.45) is -3.61. The van der Waals surface area contributed by atoms with Crippen molar-refractivity contribution in [3.63, 3.8) is 0 Å². The van der Waals surface area contributed by atoms with Gasteiger partial charge in [-0.25, -0.2) is 19.4 Å². The minimum Gasteiger partial charge on any atom is -0.489 e. The molecule has 1 aliphatic rings. The summed E-state index contributed by atoms with van der Waals surface area (Å²) in [6, 6.07) is 22.4. The van der Waals surface area contributed by atoms with Crippen LogP contribution in [0.1, 0.15) is 69.8 Å². The van der Waals surface area contributed by atoms with Crippen LogP contribution in [0.25, 0.3) is 6.08 Å². The summed E-state index contributed by atoms with van der Waals surface area (Å²) in [5, 5.41) is 0.292. The lowest BCUT2D eigenvalue weighted by atomic mass is 9.95. The predicted molar refractivity (Wildman–Crippen MR) is 212 cm³/mol. The molecule has 0 spiro atoms. The molecule has 0 saturated carbocycles. The van der Waals surface area contributed by atoms with E-state index in [0.717, 1.165) is 10.1 Å². The Morgan fingerprint density at radius 1 is 0.763 bits per heavy atom. The van der Waals surface area contributed by atoms with E-state index >= 15 is 0 Å². The predicted octanol–water partition coefficient (Wildman–Crippen LogP) is 7.51. The van der Waals surface area contributed by atoms with Gasteiger partial charge in [0.05, 0.1) is 47.1 Å². The van der Waals surface area contributed by atoms with Gasteiger partial charge in [-0.1, -0.05) is 59.3 Å². The molecule has 0 aliphatic carbocycles. The van der Waals surface area contributed by atoms with Gasteiger partial charge in [-0.2, -0.15) is 13.2 Å². The number of alkyl halides is 3. The van der Waals surface area contributed by atoms with E-state index in [9.17, 15) is 32.3 Å². The number of rotatable bonds is 14. The summed E-state index contributed by atoms with van der Waals surface area (Å²) in [5.41, 5.74) is -0.298. The number of ether oxygens (including phenoxy) is 5. The molecule has 5 aromatic rings. The Morgan fingerprint density at radius 2 is 1.31 bits per heavy atom. The second-order valence-electron chi connectivity index (χ2n) is 12.7. The summed E-state index contributed by atoms with van der Waals surface area (Å²) in [5.74, 6) is -1.56. The fourth-order valence-electron chi connectivity index (χ4n) is 6.02. The maximum Gasteiger partial charge on any atom is 0.434 e. The molecule has 2 heterocycles. The van der Waals surface area contributed by atoms with Crippen molar-refractivity contribution in [2.24, 2.45) is 4.99 Å². The zero-order valence-corrected chi connectivity index (χ0v) is 33.4. The SMILES string of the molecule is CCOC(=O)C1=C(C(F)(F)F)N=c2s/c(=C/c3ccc(OCc4ccc(C(=O)OCC)cc4)cc3OCc3ccc(C(=O)OCC)cc3)c(=O)n2[C@H]1c1ccc(Cl)cc1. The lowest BCUT2D eigenvalue weighted by Gasteiger charge is -2.26. The van der Waals surface area contributed by atoms with Gasteiger partial charge < -0.3 is 23.7 Å². The van der Waals surface area contributed by atoms with E-state index in [4.69, 9.17) is 35.3 Å². The fraction of sp³-hybridized carbons (Fsp3) is 0.233. The van der Waals surface area contributed by atoms with Crippen LogP contribution in [0.5, 0.6) is 11.5 Å². The van der Waals surface area contributed by atoms with Gasteiger partial charge in [0, 0.05) is 16.7 Å². The number of benzene rings is 4. The number of carbonyl (C=O) groups is 3. The molecule has 1 aromatic heterocycles. The van der Waals surface area contributed by atoms with E-state index < -0.39 is 47.0 Å². The van der Waals surface area contributed by atoms with Crippen LogP contribution in [0.4, 0.5) is 13.2 Å². The maximum absolute atomic E-state index is 14.6. The topological polar surface area (TPSA) is 132 Å². The molecule has 0 saturated heterocycles. The minimum atomic E-state index is -5.07. The van der Waals surface area contributed by atoms with Gasteiger partial charge in [0.15, 0.2) is 10.5 Å². The first-order chi connectivity index (χ1) is 28.3. The average Bonchev–Trinajstić information content (AvgIpc) is 3.53. The summed E-state index contributed by atoms with van der Waals surface area (Å²) < 4.78 is 72.3. The zero-order chi connectivity index (χ0) is 42.3. The van der Waals surface area contributed by atoms with Crippen molar-refractivity contribution in [1.82, 2.24) is 4.57 Å². The molecule has 0 radical (unpaired) electrons. The molecule has 0 amide bonds. The Labute approximate surface area is 344 Å². The molecule has 306 valence electrons. The summed E-state index contributed by atoms with van der Waals surface area (Å²) in [4.78, 5) is 55.3. The quantitative estimate of drug-likeness (QED) is 0.0824. The van der Waals surface area contributed by atoms with E-state index in [1.165, 1.54) is 37.3 Å². The first kappa shape index (κ1) is 42.4. The highest BCUT2D eigenvalue weighted by Crippen LogP contribution is 2.38. The average molecular weight is 849 g/mol. The normalized spacial score (nSPS) is 13.9. The van der Waals surface area contributed by atoms with Crippen LogP contribution in [0, 0.1) is 0 Å².